The van der Waals surface area contributed by atoms with E-state index in [2.05, 4.69) is 19.9 Å². The third-order valence-electron chi connectivity index (χ3n) is 3.26. The maximum Gasteiger partial charge on any atom is 0.271 e. The van der Waals surface area contributed by atoms with Crippen molar-refractivity contribution in [2.24, 2.45) is 0 Å². The zero-order valence-corrected chi connectivity index (χ0v) is 13.4. The van der Waals surface area contributed by atoms with Crippen molar-refractivity contribution in [2.75, 3.05) is 5.32 Å². The van der Waals surface area contributed by atoms with E-state index in [4.69, 9.17) is 0 Å². The summed E-state index contributed by atoms with van der Waals surface area (Å²) in [4.78, 5) is 17.4. The van der Waals surface area contributed by atoms with Gasteiger partial charge < -0.3 is 0 Å². The molecule has 23 heavy (non-hydrogen) atoms. The van der Waals surface area contributed by atoms with E-state index in [0.29, 0.717) is 15.7 Å². The number of rotatable bonds is 3. The molecule has 1 amide bonds. The smallest absolute Gasteiger partial charge is 0.271 e. The third kappa shape index (κ3) is 2.71. The Morgan fingerprint density at radius 1 is 1.00 bits per heavy atom. The van der Waals surface area contributed by atoms with E-state index in [0.717, 1.165) is 27.3 Å². The number of fused-ring (bicyclic) bond motifs is 1. The van der Waals surface area contributed by atoms with Crippen LogP contribution in [-0.4, -0.2) is 20.5 Å². The fraction of sp³-hybridized carbons (Fsp3) is 0. The van der Waals surface area contributed by atoms with E-state index in [1.165, 1.54) is 11.3 Å². The van der Waals surface area contributed by atoms with Crippen molar-refractivity contribution >= 4 is 44.1 Å². The van der Waals surface area contributed by atoms with E-state index in [1.807, 2.05) is 54.6 Å². The zero-order valence-electron chi connectivity index (χ0n) is 11.8. The number of nitrogens with zero attached hydrogens (tertiary/aromatic N) is 3. The molecule has 0 saturated carbocycles. The summed E-state index contributed by atoms with van der Waals surface area (Å²) >= 11 is 2.53. The van der Waals surface area contributed by atoms with E-state index in [-0.39, 0.29) is 5.91 Å². The van der Waals surface area contributed by atoms with Crippen LogP contribution in [0.3, 0.4) is 0 Å². The monoisotopic (exact) mass is 338 g/mol. The van der Waals surface area contributed by atoms with Crippen molar-refractivity contribution in [3.8, 4) is 11.3 Å². The first-order chi connectivity index (χ1) is 11.3. The summed E-state index contributed by atoms with van der Waals surface area (Å²) < 4.78 is 4.95. The molecule has 5 nitrogen and oxygen atoms in total. The lowest BCUT2D eigenvalue weighted by molar-refractivity contribution is 0.103. The van der Waals surface area contributed by atoms with Gasteiger partial charge in [-0.2, -0.15) is 0 Å². The van der Waals surface area contributed by atoms with Gasteiger partial charge in [0.1, 0.15) is 10.6 Å². The second kappa shape index (κ2) is 5.86. The van der Waals surface area contributed by atoms with Crippen LogP contribution in [0.4, 0.5) is 5.13 Å². The number of thiazole rings is 1. The average Bonchev–Trinajstić information content (AvgIpc) is 3.22. The molecule has 0 atom stereocenters. The Bertz CT molecular complexity index is 945. The Morgan fingerprint density at radius 3 is 2.61 bits per heavy atom. The number of aromatic nitrogens is 3. The topological polar surface area (TPSA) is 67.8 Å². The molecule has 1 N–H and O–H groups in total. The summed E-state index contributed by atoms with van der Waals surface area (Å²) in [7, 11) is 0. The lowest BCUT2D eigenvalue weighted by Gasteiger charge is -2.01. The van der Waals surface area contributed by atoms with Crippen molar-refractivity contribution in [1.29, 1.82) is 0 Å². The number of benzene rings is 2. The number of para-hydroxylation sites is 1. The van der Waals surface area contributed by atoms with Crippen LogP contribution in [0.1, 0.15) is 9.67 Å². The number of carbonyl (C=O) groups is 1. The van der Waals surface area contributed by atoms with E-state index in [9.17, 15) is 4.79 Å². The third-order valence-corrected chi connectivity index (χ3v) is 4.93. The van der Waals surface area contributed by atoms with Crippen molar-refractivity contribution in [3.05, 3.63) is 59.5 Å². The molecule has 0 spiro atoms. The SMILES string of the molecule is O=C(Nc1nc2ccccc2s1)c1snnc1-c1ccccc1. The molecule has 2 heterocycles. The minimum Gasteiger partial charge on any atom is -0.297 e. The molecule has 0 bridgehead atoms. The summed E-state index contributed by atoms with van der Waals surface area (Å²) in [6.07, 6.45) is 0. The molecule has 0 saturated heterocycles. The maximum atomic E-state index is 12.5. The van der Waals surface area contributed by atoms with E-state index in [1.54, 1.807) is 0 Å². The molecule has 7 heteroatoms. The summed E-state index contributed by atoms with van der Waals surface area (Å²) in [5.41, 5.74) is 2.34. The second-order valence-corrected chi connectivity index (χ2v) is 6.54. The molecule has 0 radical (unpaired) electrons. The minimum atomic E-state index is -0.238. The Morgan fingerprint density at radius 2 is 1.78 bits per heavy atom. The van der Waals surface area contributed by atoms with Crippen LogP contribution >= 0.6 is 22.9 Å². The molecule has 2 aromatic heterocycles. The van der Waals surface area contributed by atoms with Crippen molar-refractivity contribution in [3.63, 3.8) is 0 Å². The first-order valence-corrected chi connectivity index (χ1v) is 8.45. The van der Waals surface area contributed by atoms with Gasteiger partial charge in [-0.1, -0.05) is 58.3 Å². The predicted octanol–water partition coefficient (Wildman–Crippen LogP) is 4.07. The summed E-state index contributed by atoms with van der Waals surface area (Å²) in [5.74, 6) is -0.238. The average molecular weight is 338 g/mol. The van der Waals surface area contributed by atoms with E-state index < -0.39 is 0 Å². The Kier molecular flexibility index (Phi) is 3.57. The lowest BCUT2D eigenvalue weighted by atomic mass is 10.1. The highest BCUT2D eigenvalue weighted by Crippen LogP contribution is 2.28. The van der Waals surface area contributed by atoms with Gasteiger partial charge in [-0.25, -0.2) is 4.98 Å². The fourth-order valence-corrected chi connectivity index (χ4v) is 3.65. The Hall–Kier alpha value is -2.64. The van der Waals surface area contributed by atoms with Gasteiger partial charge in [0.05, 0.1) is 10.2 Å². The van der Waals surface area contributed by atoms with Crippen molar-refractivity contribution < 1.29 is 4.79 Å². The highest BCUT2D eigenvalue weighted by molar-refractivity contribution is 7.22. The maximum absolute atomic E-state index is 12.5. The van der Waals surface area contributed by atoms with Crippen LogP contribution in [0, 0.1) is 0 Å². The van der Waals surface area contributed by atoms with Gasteiger partial charge in [-0.3, -0.25) is 10.1 Å². The summed E-state index contributed by atoms with van der Waals surface area (Å²) in [6.45, 7) is 0. The molecule has 0 aliphatic carbocycles. The minimum absolute atomic E-state index is 0.238. The van der Waals surface area contributed by atoms with Crippen LogP contribution in [0.5, 0.6) is 0 Å². The quantitative estimate of drug-likeness (QED) is 0.611. The molecule has 0 aliphatic heterocycles. The number of nitrogens with one attached hydrogen (secondary N) is 1. The molecule has 0 unspecified atom stereocenters. The number of hydrogen-bond acceptors (Lipinski definition) is 6. The molecule has 2 aromatic carbocycles. The lowest BCUT2D eigenvalue weighted by Crippen LogP contribution is -2.11. The van der Waals surface area contributed by atoms with Gasteiger partial charge in [0.15, 0.2) is 5.13 Å². The molecular formula is C16H10N4OS2. The van der Waals surface area contributed by atoms with Crippen LogP contribution in [0.2, 0.25) is 0 Å². The van der Waals surface area contributed by atoms with Gasteiger partial charge in [0.2, 0.25) is 0 Å². The van der Waals surface area contributed by atoms with Gasteiger partial charge in [0.25, 0.3) is 5.91 Å². The first kappa shape index (κ1) is 14.0. The first-order valence-electron chi connectivity index (χ1n) is 6.86. The predicted molar refractivity (Wildman–Crippen MR) is 92.9 cm³/mol. The van der Waals surface area contributed by atoms with Crippen molar-refractivity contribution in [2.45, 2.75) is 0 Å². The van der Waals surface area contributed by atoms with Gasteiger partial charge >= 0.3 is 0 Å². The molecule has 4 aromatic rings. The summed E-state index contributed by atoms with van der Waals surface area (Å²) in [6, 6.07) is 17.3. The number of amides is 1. The fourth-order valence-electron chi connectivity index (χ4n) is 2.20. The highest BCUT2D eigenvalue weighted by Gasteiger charge is 2.19. The zero-order chi connectivity index (χ0) is 15.6. The van der Waals surface area contributed by atoms with Crippen molar-refractivity contribution in [1.82, 2.24) is 14.6 Å². The second-order valence-electron chi connectivity index (χ2n) is 4.76. The number of anilines is 1. The Labute approximate surface area is 139 Å². The molecule has 112 valence electrons. The standard InChI is InChI=1S/C16H10N4OS2/c21-15(18-16-17-11-8-4-5-9-12(11)22-16)14-13(19-20-23-14)10-6-2-1-3-7-10/h1-9H,(H,17,18,21). The molecule has 0 fully saturated rings. The van der Waals surface area contributed by atoms with E-state index >= 15 is 0 Å². The number of hydrogen-bond donors (Lipinski definition) is 1. The highest BCUT2D eigenvalue weighted by atomic mass is 32.1. The normalized spacial score (nSPS) is 10.8. The Balaban J connectivity index is 1.64. The van der Waals surface area contributed by atoms with Crippen LogP contribution < -0.4 is 5.32 Å². The van der Waals surface area contributed by atoms with Gasteiger partial charge in [0, 0.05) is 5.56 Å². The summed E-state index contributed by atoms with van der Waals surface area (Å²) in [5, 5.41) is 7.50. The van der Waals surface area contributed by atoms with Crippen LogP contribution in [0.15, 0.2) is 54.6 Å². The van der Waals surface area contributed by atoms with Gasteiger partial charge in [-0.15, -0.1) is 5.10 Å². The molecule has 4 rings (SSSR count). The van der Waals surface area contributed by atoms with Crippen LogP contribution in [-0.2, 0) is 0 Å². The van der Waals surface area contributed by atoms with Crippen LogP contribution in [0.25, 0.3) is 21.5 Å². The molecule has 0 aliphatic rings. The largest absolute Gasteiger partial charge is 0.297 e. The molecular weight excluding hydrogens is 328 g/mol. The number of carbonyl (C=O) groups excluding carboxylic acids is 1. The van der Waals surface area contributed by atoms with Gasteiger partial charge in [-0.05, 0) is 23.7 Å².